The van der Waals surface area contributed by atoms with Gasteiger partial charge in [0.2, 0.25) is 0 Å². The van der Waals surface area contributed by atoms with Crippen LogP contribution in [0.2, 0.25) is 0 Å². The number of carbonyl (C=O) groups is 3. The third-order valence-electron chi connectivity index (χ3n) is 5.79. The SMILES string of the molecule is O=C(OC1CC2C=CC1C2)c1cccc(OC(=O)C(F)(F)F)c1C(=O)Oc1cc(I)c(S(=O)(=O)[O-])c(I)c1. The number of benzene rings is 2. The average molecular weight is 777 g/mol. The molecule has 2 aromatic carbocycles. The molecule has 2 aromatic rings. The van der Waals surface area contributed by atoms with Gasteiger partial charge in [-0.15, -0.1) is 0 Å². The molecule has 2 aliphatic rings. The molecule has 4 rings (SSSR count). The second kappa shape index (κ2) is 10.7. The van der Waals surface area contributed by atoms with E-state index < -0.39 is 62.1 Å². The van der Waals surface area contributed by atoms with E-state index in [9.17, 15) is 40.5 Å². The van der Waals surface area contributed by atoms with E-state index in [4.69, 9.17) is 9.47 Å². The fraction of sp³-hybridized carbons (Fsp3) is 0.261. The fourth-order valence-corrected chi connectivity index (χ4v) is 8.14. The molecule has 0 saturated heterocycles. The maximum Gasteiger partial charge on any atom is 0.491 e. The highest BCUT2D eigenvalue weighted by molar-refractivity contribution is 14.1. The minimum atomic E-state index is -5.40. The highest BCUT2D eigenvalue weighted by Gasteiger charge is 2.43. The van der Waals surface area contributed by atoms with Crippen LogP contribution in [0.15, 0.2) is 47.4 Å². The molecular formula is C23H14F3I2O9S-. The summed E-state index contributed by atoms with van der Waals surface area (Å²) < 4.78 is 88.1. The lowest BCUT2D eigenvalue weighted by molar-refractivity contribution is -0.189. The summed E-state index contributed by atoms with van der Waals surface area (Å²) in [6.45, 7) is 0. The van der Waals surface area contributed by atoms with Gasteiger partial charge in [-0.2, -0.15) is 13.2 Å². The molecule has 38 heavy (non-hydrogen) atoms. The van der Waals surface area contributed by atoms with Gasteiger partial charge in [-0.1, -0.05) is 18.2 Å². The van der Waals surface area contributed by atoms with Crippen molar-refractivity contribution in [3.8, 4) is 11.5 Å². The fourth-order valence-electron chi connectivity index (χ4n) is 4.21. The monoisotopic (exact) mass is 777 g/mol. The van der Waals surface area contributed by atoms with Gasteiger partial charge in [-0.05, 0) is 88.2 Å². The third kappa shape index (κ3) is 6.15. The number of fused-ring (bicyclic) bond motifs is 2. The smallest absolute Gasteiger partial charge is 0.491 e. The van der Waals surface area contributed by atoms with Gasteiger partial charge in [0.05, 0.1) is 10.5 Å². The zero-order valence-corrected chi connectivity index (χ0v) is 23.8. The first-order valence-electron chi connectivity index (χ1n) is 10.6. The Morgan fingerprint density at radius 1 is 0.974 bits per heavy atom. The number of allylic oxidation sites excluding steroid dienone is 1. The molecule has 1 saturated carbocycles. The van der Waals surface area contributed by atoms with Crippen LogP contribution in [0.5, 0.6) is 11.5 Å². The van der Waals surface area contributed by atoms with E-state index in [-0.39, 0.29) is 24.7 Å². The molecule has 0 aliphatic heterocycles. The summed E-state index contributed by atoms with van der Waals surface area (Å²) in [5, 5.41) is 0. The summed E-state index contributed by atoms with van der Waals surface area (Å²) in [6.07, 6.45) is -0.686. The second-order valence-corrected chi connectivity index (χ2v) is 12.0. The van der Waals surface area contributed by atoms with E-state index in [0.29, 0.717) is 6.42 Å². The summed E-state index contributed by atoms with van der Waals surface area (Å²) in [5.74, 6) is -6.06. The van der Waals surface area contributed by atoms with Crippen molar-refractivity contribution in [2.75, 3.05) is 0 Å². The summed E-state index contributed by atoms with van der Waals surface area (Å²) >= 11 is 3.07. The van der Waals surface area contributed by atoms with E-state index in [0.717, 1.165) is 36.8 Å². The molecule has 2 aliphatic carbocycles. The minimum absolute atomic E-state index is 0.0365. The molecule has 9 nitrogen and oxygen atoms in total. The molecule has 0 aromatic heterocycles. The molecule has 15 heteroatoms. The number of esters is 3. The van der Waals surface area contributed by atoms with Crippen molar-refractivity contribution in [2.24, 2.45) is 11.8 Å². The molecule has 0 heterocycles. The lowest BCUT2D eigenvalue weighted by atomic mass is 10.0. The zero-order chi connectivity index (χ0) is 28.0. The van der Waals surface area contributed by atoms with Crippen molar-refractivity contribution in [1.82, 2.24) is 0 Å². The van der Waals surface area contributed by atoms with Crippen molar-refractivity contribution >= 4 is 73.2 Å². The van der Waals surface area contributed by atoms with Crippen molar-refractivity contribution < 1.29 is 54.7 Å². The largest absolute Gasteiger partial charge is 0.744 e. The molecule has 3 unspecified atom stereocenters. The van der Waals surface area contributed by atoms with E-state index in [2.05, 4.69) is 4.74 Å². The summed E-state index contributed by atoms with van der Waals surface area (Å²) in [6, 6.07) is 5.16. The van der Waals surface area contributed by atoms with E-state index in [1.54, 1.807) is 0 Å². The quantitative estimate of drug-likeness (QED) is 0.136. The minimum Gasteiger partial charge on any atom is -0.744 e. The molecule has 0 radical (unpaired) electrons. The second-order valence-electron chi connectivity index (χ2n) is 8.35. The van der Waals surface area contributed by atoms with Gasteiger partial charge in [0, 0.05) is 13.1 Å². The van der Waals surface area contributed by atoms with Crippen molar-refractivity contribution in [3.05, 3.63) is 60.8 Å². The third-order valence-corrected chi connectivity index (χ3v) is 9.17. The molecular weight excluding hydrogens is 763 g/mol. The van der Waals surface area contributed by atoms with Crippen LogP contribution in [0.1, 0.15) is 33.6 Å². The Bertz CT molecular complexity index is 1450. The number of ether oxygens (including phenoxy) is 3. The summed E-state index contributed by atoms with van der Waals surface area (Å²) in [4.78, 5) is 37.2. The number of alkyl halides is 3. The van der Waals surface area contributed by atoms with Gasteiger partial charge >= 0.3 is 24.1 Å². The Morgan fingerprint density at radius 3 is 2.16 bits per heavy atom. The summed E-state index contributed by atoms with van der Waals surface area (Å²) in [7, 11) is -4.86. The van der Waals surface area contributed by atoms with Crippen molar-refractivity contribution in [2.45, 2.75) is 30.0 Å². The summed E-state index contributed by atoms with van der Waals surface area (Å²) in [5.41, 5.74) is -1.31. The molecule has 0 N–H and O–H groups in total. The highest BCUT2D eigenvalue weighted by Crippen LogP contribution is 2.41. The van der Waals surface area contributed by atoms with Crippen LogP contribution in [-0.4, -0.2) is 43.2 Å². The maximum atomic E-state index is 13.2. The number of rotatable bonds is 6. The number of carbonyl (C=O) groups excluding carboxylic acids is 3. The van der Waals surface area contributed by atoms with Gasteiger partial charge < -0.3 is 18.8 Å². The highest BCUT2D eigenvalue weighted by atomic mass is 127. The molecule has 1 fully saturated rings. The van der Waals surface area contributed by atoms with Crippen LogP contribution in [0, 0.1) is 19.0 Å². The number of halogens is 5. The molecule has 0 amide bonds. The maximum absolute atomic E-state index is 13.2. The molecule has 3 atom stereocenters. The lowest BCUT2D eigenvalue weighted by Gasteiger charge is -2.20. The van der Waals surface area contributed by atoms with Crippen molar-refractivity contribution in [3.63, 3.8) is 0 Å². The number of hydrogen-bond donors (Lipinski definition) is 0. The van der Waals surface area contributed by atoms with E-state index >= 15 is 0 Å². The van der Waals surface area contributed by atoms with Crippen LogP contribution in [0.4, 0.5) is 13.2 Å². The normalized spacial score (nSPS) is 20.3. The van der Waals surface area contributed by atoms with Gasteiger partial charge in [-0.3, -0.25) is 0 Å². The molecule has 2 bridgehead atoms. The predicted molar refractivity (Wildman–Crippen MR) is 137 cm³/mol. The Hall–Kier alpha value is -2.25. The van der Waals surface area contributed by atoms with Crippen molar-refractivity contribution in [1.29, 1.82) is 0 Å². The first kappa shape index (κ1) is 28.8. The Kier molecular flexibility index (Phi) is 8.11. The lowest BCUT2D eigenvalue weighted by Crippen LogP contribution is -2.29. The predicted octanol–water partition coefficient (Wildman–Crippen LogP) is 4.61. The van der Waals surface area contributed by atoms with Gasteiger partial charge in [0.1, 0.15) is 33.3 Å². The Labute approximate surface area is 240 Å². The first-order valence-corrected chi connectivity index (χ1v) is 14.2. The number of hydrogen-bond acceptors (Lipinski definition) is 9. The Balaban J connectivity index is 1.70. The molecule has 0 spiro atoms. The van der Waals surface area contributed by atoms with Gasteiger partial charge in [-0.25, -0.2) is 22.8 Å². The van der Waals surface area contributed by atoms with Crippen LogP contribution < -0.4 is 9.47 Å². The van der Waals surface area contributed by atoms with Crippen LogP contribution in [0.25, 0.3) is 0 Å². The zero-order valence-electron chi connectivity index (χ0n) is 18.7. The van der Waals surface area contributed by atoms with Crippen LogP contribution in [0.3, 0.4) is 0 Å². The standard InChI is InChI=1S/C23H15F3I2O9S/c24-23(25,26)22(31)37-16-3-1-2-13(20(29)36-17-7-10-4-5-11(17)6-10)18(16)21(30)35-12-8-14(27)19(15(28)9-12)38(32,33)34/h1-5,8-11,17H,6-7H2,(H,32,33,34)/p-1. The van der Waals surface area contributed by atoms with Crippen LogP contribution >= 0.6 is 45.2 Å². The van der Waals surface area contributed by atoms with E-state index in [1.165, 1.54) is 45.2 Å². The average Bonchev–Trinajstić information content (AvgIpc) is 3.40. The first-order chi connectivity index (χ1) is 17.6. The molecule has 202 valence electrons. The van der Waals surface area contributed by atoms with Crippen LogP contribution in [-0.2, 0) is 19.6 Å². The van der Waals surface area contributed by atoms with E-state index in [1.807, 2.05) is 12.2 Å². The topological polar surface area (TPSA) is 136 Å². The Morgan fingerprint density at radius 2 is 1.63 bits per heavy atom. The van der Waals surface area contributed by atoms with Gasteiger partial charge in [0.25, 0.3) is 0 Å². The van der Waals surface area contributed by atoms with Gasteiger partial charge in [0.15, 0.2) is 0 Å².